The molecule has 2 aromatic rings. The summed E-state index contributed by atoms with van der Waals surface area (Å²) < 4.78 is 44.9. The van der Waals surface area contributed by atoms with Gasteiger partial charge in [0.15, 0.2) is 6.61 Å². The summed E-state index contributed by atoms with van der Waals surface area (Å²) in [6.45, 7) is 6.39. The second-order valence-corrected chi connectivity index (χ2v) is 9.37. The maximum absolute atomic E-state index is 13.3. The topological polar surface area (TPSA) is 84.0 Å². The highest BCUT2D eigenvalue weighted by molar-refractivity contribution is 7.89. The molecule has 0 N–H and O–H groups in total. The predicted molar refractivity (Wildman–Crippen MR) is 123 cm³/mol. The molecule has 2 aromatic carbocycles. The minimum absolute atomic E-state index is 0.0610. The molecule has 0 unspecified atom stereocenters. The number of esters is 1. The number of halogens is 1. The quantitative estimate of drug-likeness (QED) is 0.437. The predicted octanol–water partition coefficient (Wildman–Crippen LogP) is 3.38. The van der Waals surface area contributed by atoms with Crippen LogP contribution in [0.15, 0.2) is 53.4 Å². The van der Waals surface area contributed by atoms with Crippen LogP contribution in [0.5, 0.6) is 0 Å². The Balaban J connectivity index is 1.84. The first-order valence-electron chi connectivity index (χ1n) is 11.0. The fourth-order valence-electron chi connectivity index (χ4n) is 3.32. The molecule has 180 valence electrons. The lowest BCUT2D eigenvalue weighted by Gasteiger charge is -2.21. The first-order chi connectivity index (χ1) is 15.7. The number of aryl methyl sites for hydroxylation is 1. The van der Waals surface area contributed by atoms with Crippen molar-refractivity contribution < 1.29 is 27.1 Å². The van der Waals surface area contributed by atoms with E-state index in [0.29, 0.717) is 31.6 Å². The first kappa shape index (κ1) is 26.5. The van der Waals surface area contributed by atoms with Crippen LogP contribution in [-0.2, 0) is 37.3 Å². The molecule has 0 aliphatic carbocycles. The Labute approximate surface area is 195 Å². The van der Waals surface area contributed by atoms with Gasteiger partial charge in [-0.25, -0.2) is 12.8 Å². The van der Waals surface area contributed by atoms with Gasteiger partial charge >= 0.3 is 5.97 Å². The van der Waals surface area contributed by atoms with Crippen LogP contribution >= 0.6 is 0 Å². The molecule has 0 aliphatic rings. The largest absolute Gasteiger partial charge is 0.456 e. The van der Waals surface area contributed by atoms with Crippen LogP contribution < -0.4 is 0 Å². The first-order valence-corrected chi connectivity index (χ1v) is 12.4. The van der Waals surface area contributed by atoms with Crippen molar-refractivity contribution in [1.82, 2.24) is 9.21 Å². The number of carbonyl (C=O) groups excluding carboxylic acids is 2. The van der Waals surface area contributed by atoms with Gasteiger partial charge in [0.1, 0.15) is 5.82 Å². The number of carbonyl (C=O) groups is 2. The van der Waals surface area contributed by atoms with Crippen molar-refractivity contribution in [1.29, 1.82) is 0 Å². The lowest BCUT2D eigenvalue weighted by molar-refractivity contribution is -0.152. The maximum atomic E-state index is 13.3. The summed E-state index contributed by atoms with van der Waals surface area (Å²) in [6.07, 6.45) is 0.421. The average Bonchev–Trinajstić information content (AvgIpc) is 2.80. The number of hydrogen-bond acceptors (Lipinski definition) is 5. The number of nitrogens with zero attached hydrogens (tertiary/aromatic N) is 2. The van der Waals surface area contributed by atoms with Crippen molar-refractivity contribution in [3.63, 3.8) is 0 Å². The highest BCUT2D eigenvalue weighted by Gasteiger charge is 2.21. The van der Waals surface area contributed by atoms with Crippen LogP contribution in [0.3, 0.4) is 0 Å². The molecule has 0 aromatic heterocycles. The van der Waals surface area contributed by atoms with E-state index in [2.05, 4.69) is 0 Å². The van der Waals surface area contributed by atoms with Crippen molar-refractivity contribution in [2.24, 2.45) is 0 Å². The van der Waals surface area contributed by atoms with Gasteiger partial charge in [-0.2, -0.15) is 4.31 Å². The van der Waals surface area contributed by atoms with E-state index in [1.807, 2.05) is 0 Å². The van der Waals surface area contributed by atoms with Crippen LogP contribution in [0, 0.1) is 5.82 Å². The minimum Gasteiger partial charge on any atom is -0.456 e. The number of likely N-dealkylation sites (N-methyl/N-ethyl adjacent to an activating group) is 1. The van der Waals surface area contributed by atoms with Crippen LogP contribution in [0.25, 0.3) is 0 Å². The Bertz CT molecular complexity index is 1040. The number of sulfonamides is 1. The lowest BCUT2D eigenvalue weighted by Crippen LogP contribution is -2.34. The van der Waals surface area contributed by atoms with Crippen molar-refractivity contribution in [2.45, 2.75) is 45.1 Å². The molecule has 7 nitrogen and oxygen atoms in total. The van der Waals surface area contributed by atoms with Crippen molar-refractivity contribution in [3.8, 4) is 0 Å². The zero-order valence-electron chi connectivity index (χ0n) is 19.3. The van der Waals surface area contributed by atoms with Gasteiger partial charge in [-0.15, -0.1) is 0 Å². The summed E-state index contributed by atoms with van der Waals surface area (Å²) in [5.41, 5.74) is 1.45. The van der Waals surface area contributed by atoms with Crippen molar-refractivity contribution in [2.75, 3.05) is 26.2 Å². The molecule has 0 atom stereocenters. The van der Waals surface area contributed by atoms with Crippen LogP contribution in [0.4, 0.5) is 4.39 Å². The van der Waals surface area contributed by atoms with E-state index in [1.54, 1.807) is 45.0 Å². The zero-order valence-corrected chi connectivity index (χ0v) is 20.1. The van der Waals surface area contributed by atoms with Gasteiger partial charge in [0.25, 0.3) is 5.91 Å². The van der Waals surface area contributed by atoms with Crippen LogP contribution in [-0.4, -0.2) is 55.7 Å². The summed E-state index contributed by atoms with van der Waals surface area (Å²) in [7, 11) is -3.52. The number of ether oxygens (including phenoxy) is 1. The molecular weight excluding hydrogens is 447 g/mol. The Morgan fingerprint density at radius 3 is 2.18 bits per heavy atom. The molecule has 1 amide bonds. The molecule has 0 aliphatic heterocycles. The molecule has 9 heteroatoms. The summed E-state index contributed by atoms with van der Waals surface area (Å²) in [6, 6.07) is 12.4. The third kappa shape index (κ3) is 7.64. The van der Waals surface area contributed by atoms with Crippen molar-refractivity contribution >= 4 is 21.9 Å². The SMILES string of the molecule is CCN(Cc1cccc(F)c1)C(=O)COC(=O)CCc1ccc(S(=O)(=O)N(CC)CC)cc1. The van der Waals surface area contributed by atoms with E-state index in [4.69, 9.17) is 4.74 Å². The van der Waals surface area contributed by atoms with E-state index in [9.17, 15) is 22.4 Å². The second-order valence-electron chi connectivity index (χ2n) is 7.43. The number of hydrogen-bond donors (Lipinski definition) is 0. The second kappa shape index (κ2) is 12.5. The fourth-order valence-corrected chi connectivity index (χ4v) is 4.78. The Morgan fingerprint density at radius 1 is 0.939 bits per heavy atom. The third-order valence-electron chi connectivity index (χ3n) is 5.24. The van der Waals surface area contributed by atoms with Gasteiger partial charge in [-0.1, -0.05) is 38.1 Å². The van der Waals surface area contributed by atoms with E-state index in [0.717, 1.165) is 5.56 Å². The van der Waals surface area contributed by atoms with E-state index < -0.39 is 16.0 Å². The van der Waals surface area contributed by atoms with E-state index in [-0.39, 0.29) is 36.2 Å². The third-order valence-corrected chi connectivity index (χ3v) is 7.30. The molecule has 33 heavy (non-hydrogen) atoms. The smallest absolute Gasteiger partial charge is 0.306 e. The fraction of sp³-hybridized carbons (Fsp3) is 0.417. The summed E-state index contributed by atoms with van der Waals surface area (Å²) >= 11 is 0. The molecular formula is C24H31FN2O5S. The summed E-state index contributed by atoms with van der Waals surface area (Å²) in [4.78, 5) is 26.1. The number of rotatable bonds is 12. The molecule has 2 rings (SSSR count). The molecule has 0 bridgehead atoms. The van der Waals surface area contributed by atoms with Gasteiger partial charge in [0, 0.05) is 32.6 Å². The molecule has 0 heterocycles. The molecule has 0 radical (unpaired) electrons. The number of amides is 1. The monoisotopic (exact) mass is 478 g/mol. The highest BCUT2D eigenvalue weighted by Crippen LogP contribution is 2.17. The Morgan fingerprint density at radius 2 is 1.61 bits per heavy atom. The standard InChI is InChI=1S/C24H31FN2O5S/c1-4-26(17-20-8-7-9-21(25)16-20)23(28)18-32-24(29)15-12-19-10-13-22(14-11-19)33(30,31)27(5-2)6-3/h7-11,13-14,16H,4-6,12,15,17-18H2,1-3H3. The molecule has 0 spiro atoms. The summed E-state index contributed by atoms with van der Waals surface area (Å²) in [5.74, 6) is -1.26. The van der Waals surface area contributed by atoms with Gasteiger partial charge in [0.2, 0.25) is 10.0 Å². The normalized spacial score (nSPS) is 11.4. The number of benzene rings is 2. The Hall–Kier alpha value is -2.78. The summed E-state index contributed by atoms with van der Waals surface area (Å²) in [5, 5.41) is 0. The minimum atomic E-state index is -3.52. The van der Waals surface area contributed by atoms with E-state index >= 15 is 0 Å². The lowest BCUT2D eigenvalue weighted by atomic mass is 10.1. The van der Waals surface area contributed by atoms with Gasteiger partial charge < -0.3 is 9.64 Å². The van der Waals surface area contributed by atoms with Crippen LogP contribution in [0.1, 0.15) is 38.3 Å². The molecule has 0 fully saturated rings. The van der Waals surface area contributed by atoms with Crippen LogP contribution in [0.2, 0.25) is 0 Å². The average molecular weight is 479 g/mol. The zero-order chi connectivity index (χ0) is 24.4. The van der Waals surface area contributed by atoms with Gasteiger partial charge in [0.05, 0.1) is 4.90 Å². The van der Waals surface area contributed by atoms with Gasteiger partial charge in [-0.3, -0.25) is 9.59 Å². The van der Waals surface area contributed by atoms with Gasteiger partial charge in [-0.05, 0) is 48.7 Å². The Kier molecular flexibility index (Phi) is 9.99. The molecule has 0 saturated carbocycles. The maximum Gasteiger partial charge on any atom is 0.306 e. The highest BCUT2D eigenvalue weighted by atomic mass is 32.2. The van der Waals surface area contributed by atoms with E-state index in [1.165, 1.54) is 33.5 Å². The van der Waals surface area contributed by atoms with Crippen molar-refractivity contribution in [3.05, 3.63) is 65.5 Å². The molecule has 0 saturated heterocycles.